The van der Waals surface area contributed by atoms with E-state index in [4.69, 9.17) is 5.73 Å². The van der Waals surface area contributed by atoms with Gasteiger partial charge in [-0.15, -0.1) is 0 Å². The van der Waals surface area contributed by atoms with Gasteiger partial charge in [-0.2, -0.15) is 0 Å². The predicted octanol–water partition coefficient (Wildman–Crippen LogP) is 2.28. The second kappa shape index (κ2) is 6.30. The van der Waals surface area contributed by atoms with Crippen LogP contribution in [0.25, 0.3) is 0 Å². The number of nitrogens with one attached hydrogen (secondary N) is 1. The van der Waals surface area contributed by atoms with E-state index in [-0.39, 0.29) is 11.5 Å². The van der Waals surface area contributed by atoms with Gasteiger partial charge in [-0.25, -0.2) is 4.39 Å². The van der Waals surface area contributed by atoms with Crippen LogP contribution in [0.3, 0.4) is 0 Å². The number of carbonyl (C=O) groups excluding carboxylic acids is 1. The van der Waals surface area contributed by atoms with Crippen molar-refractivity contribution in [2.45, 2.75) is 5.92 Å². The Labute approximate surface area is 117 Å². The van der Waals surface area contributed by atoms with Crippen LogP contribution in [-0.2, 0) is 0 Å². The molecule has 0 aliphatic rings. The molecule has 0 bridgehead atoms. The van der Waals surface area contributed by atoms with Gasteiger partial charge in [0.1, 0.15) is 5.82 Å². The van der Waals surface area contributed by atoms with E-state index in [1.54, 1.807) is 12.1 Å². The summed E-state index contributed by atoms with van der Waals surface area (Å²) in [5, 5.41) is 2.44. The van der Waals surface area contributed by atoms with Gasteiger partial charge in [0.25, 0.3) is 5.91 Å². The lowest BCUT2D eigenvalue weighted by atomic mass is 9.90. The first-order valence-corrected chi connectivity index (χ1v) is 6.44. The van der Waals surface area contributed by atoms with Gasteiger partial charge in [-0.3, -0.25) is 4.79 Å². The minimum atomic E-state index is -0.531. The number of nitrogens with two attached hydrogens (primary N) is 1. The molecule has 0 fully saturated rings. The monoisotopic (exact) mass is 272 g/mol. The third-order valence-corrected chi connectivity index (χ3v) is 3.30. The molecule has 104 valence electrons. The van der Waals surface area contributed by atoms with Crippen molar-refractivity contribution in [1.82, 2.24) is 5.32 Å². The number of hydrogen-bond donors (Lipinski definition) is 2. The second-order valence-corrected chi connectivity index (χ2v) is 4.52. The molecule has 4 heteroatoms. The van der Waals surface area contributed by atoms with Crippen LogP contribution < -0.4 is 11.1 Å². The fraction of sp³-hybridized carbons (Fsp3) is 0.188. The largest absolute Gasteiger partial charge is 0.355 e. The summed E-state index contributed by atoms with van der Waals surface area (Å²) in [5.74, 6) is -1.02. The Hall–Kier alpha value is -2.20. The fourth-order valence-corrected chi connectivity index (χ4v) is 2.22. The number of carbonyl (C=O) groups is 1. The zero-order chi connectivity index (χ0) is 14.5. The van der Waals surface area contributed by atoms with Crippen molar-refractivity contribution in [3.8, 4) is 0 Å². The summed E-state index contributed by atoms with van der Waals surface area (Å²) >= 11 is 0. The van der Waals surface area contributed by atoms with Crippen LogP contribution in [0.15, 0.2) is 48.5 Å². The van der Waals surface area contributed by atoms with Crippen molar-refractivity contribution in [2.24, 2.45) is 5.73 Å². The van der Waals surface area contributed by atoms with Gasteiger partial charge in [-0.05, 0) is 23.3 Å². The molecule has 0 saturated heterocycles. The summed E-state index contributed by atoms with van der Waals surface area (Å²) in [4.78, 5) is 11.7. The van der Waals surface area contributed by atoms with Crippen LogP contribution in [0.2, 0.25) is 0 Å². The summed E-state index contributed by atoms with van der Waals surface area (Å²) in [5.41, 5.74) is 7.76. The normalized spacial score (nSPS) is 11.9. The number of halogens is 1. The molecule has 1 unspecified atom stereocenters. The lowest BCUT2D eigenvalue weighted by Gasteiger charge is -2.17. The SMILES string of the molecule is CNC(=O)c1cc(C(CN)c2ccccc2)ccc1F. The molecule has 0 aliphatic heterocycles. The van der Waals surface area contributed by atoms with Gasteiger partial charge in [0.05, 0.1) is 5.56 Å². The summed E-state index contributed by atoms with van der Waals surface area (Å²) in [6.45, 7) is 0.392. The molecule has 3 nitrogen and oxygen atoms in total. The molecule has 20 heavy (non-hydrogen) atoms. The Balaban J connectivity index is 2.43. The van der Waals surface area contributed by atoms with E-state index < -0.39 is 11.7 Å². The average Bonchev–Trinajstić information content (AvgIpc) is 2.50. The van der Waals surface area contributed by atoms with Gasteiger partial charge in [0.15, 0.2) is 0 Å². The first kappa shape index (κ1) is 14.2. The number of benzene rings is 2. The van der Waals surface area contributed by atoms with Gasteiger partial charge in [0.2, 0.25) is 0 Å². The van der Waals surface area contributed by atoms with Crippen molar-refractivity contribution in [3.63, 3.8) is 0 Å². The van der Waals surface area contributed by atoms with E-state index >= 15 is 0 Å². The maximum absolute atomic E-state index is 13.7. The molecular weight excluding hydrogens is 255 g/mol. The molecule has 2 aromatic carbocycles. The zero-order valence-corrected chi connectivity index (χ0v) is 11.3. The van der Waals surface area contributed by atoms with E-state index in [1.165, 1.54) is 13.1 Å². The van der Waals surface area contributed by atoms with Crippen LogP contribution >= 0.6 is 0 Å². The van der Waals surface area contributed by atoms with Gasteiger partial charge in [-0.1, -0.05) is 36.4 Å². The van der Waals surface area contributed by atoms with Crippen LogP contribution in [0, 0.1) is 5.82 Å². The van der Waals surface area contributed by atoms with E-state index in [1.807, 2.05) is 30.3 Å². The third kappa shape index (κ3) is 2.86. The lowest BCUT2D eigenvalue weighted by molar-refractivity contribution is 0.0959. The summed E-state index contributed by atoms with van der Waals surface area (Å²) in [7, 11) is 1.48. The van der Waals surface area contributed by atoms with Crippen LogP contribution in [0.4, 0.5) is 4.39 Å². The lowest BCUT2D eigenvalue weighted by Crippen LogP contribution is -2.20. The molecule has 0 radical (unpaired) electrons. The molecule has 0 spiro atoms. The topological polar surface area (TPSA) is 55.1 Å². The molecule has 1 amide bonds. The molecular formula is C16H17FN2O. The molecule has 3 N–H and O–H groups in total. The molecule has 0 heterocycles. The third-order valence-electron chi connectivity index (χ3n) is 3.30. The minimum Gasteiger partial charge on any atom is -0.355 e. The molecule has 0 aromatic heterocycles. The standard InChI is InChI=1S/C16H17FN2O/c1-19-16(20)13-9-12(7-8-15(13)17)14(10-18)11-5-3-2-4-6-11/h2-9,14H,10,18H2,1H3,(H,19,20). The predicted molar refractivity (Wildman–Crippen MR) is 77.1 cm³/mol. The molecule has 0 saturated carbocycles. The van der Waals surface area contributed by atoms with Crippen LogP contribution in [0.5, 0.6) is 0 Å². The van der Waals surface area contributed by atoms with Crippen molar-refractivity contribution in [3.05, 3.63) is 71.0 Å². The van der Waals surface area contributed by atoms with E-state index in [0.717, 1.165) is 11.1 Å². The molecule has 2 rings (SSSR count). The molecule has 0 aliphatic carbocycles. The van der Waals surface area contributed by atoms with Crippen molar-refractivity contribution in [2.75, 3.05) is 13.6 Å². The van der Waals surface area contributed by atoms with Gasteiger partial charge < -0.3 is 11.1 Å². The van der Waals surface area contributed by atoms with Gasteiger partial charge in [0, 0.05) is 19.5 Å². The maximum atomic E-state index is 13.7. The highest BCUT2D eigenvalue weighted by molar-refractivity contribution is 5.94. The highest BCUT2D eigenvalue weighted by Gasteiger charge is 2.17. The van der Waals surface area contributed by atoms with Crippen LogP contribution in [-0.4, -0.2) is 19.5 Å². The van der Waals surface area contributed by atoms with E-state index in [0.29, 0.717) is 6.54 Å². The Morgan fingerprint density at radius 1 is 1.20 bits per heavy atom. The Bertz CT molecular complexity index is 599. The van der Waals surface area contributed by atoms with E-state index in [2.05, 4.69) is 5.32 Å². The maximum Gasteiger partial charge on any atom is 0.254 e. The van der Waals surface area contributed by atoms with Gasteiger partial charge >= 0.3 is 0 Å². The Kier molecular flexibility index (Phi) is 4.48. The molecule has 1 atom stereocenters. The summed E-state index contributed by atoms with van der Waals surface area (Å²) in [6.07, 6.45) is 0. The average molecular weight is 272 g/mol. The number of rotatable bonds is 4. The second-order valence-electron chi connectivity index (χ2n) is 4.52. The van der Waals surface area contributed by atoms with Crippen molar-refractivity contribution >= 4 is 5.91 Å². The highest BCUT2D eigenvalue weighted by Crippen LogP contribution is 2.25. The summed E-state index contributed by atoms with van der Waals surface area (Å²) in [6, 6.07) is 14.3. The van der Waals surface area contributed by atoms with Crippen LogP contribution in [0.1, 0.15) is 27.4 Å². The highest BCUT2D eigenvalue weighted by atomic mass is 19.1. The Morgan fingerprint density at radius 2 is 1.90 bits per heavy atom. The minimum absolute atomic E-state index is 0.0411. The summed E-state index contributed by atoms with van der Waals surface area (Å²) < 4.78 is 13.7. The Morgan fingerprint density at radius 3 is 2.50 bits per heavy atom. The zero-order valence-electron chi connectivity index (χ0n) is 11.3. The first-order chi connectivity index (χ1) is 9.67. The number of hydrogen-bond acceptors (Lipinski definition) is 2. The fourth-order valence-electron chi connectivity index (χ4n) is 2.22. The first-order valence-electron chi connectivity index (χ1n) is 6.44. The number of amides is 1. The van der Waals surface area contributed by atoms with Crippen molar-refractivity contribution in [1.29, 1.82) is 0 Å². The quantitative estimate of drug-likeness (QED) is 0.897. The smallest absolute Gasteiger partial charge is 0.254 e. The van der Waals surface area contributed by atoms with E-state index in [9.17, 15) is 9.18 Å². The van der Waals surface area contributed by atoms with Crippen molar-refractivity contribution < 1.29 is 9.18 Å². The molecule has 2 aromatic rings.